The number of aromatic amines is 1. The van der Waals surface area contributed by atoms with Crippen molar-refractivity contribution in [2.45, 2.75) is 32.1 Å². The zero-order chi connectivity index (χ0) is 22.4. The number of amides is 2. The van der Waals surface area contributed by atoms with Gasteiger partial charge in [-0.3, -0.25) is 23.9 Å². The molecule has 0 radical (unpaired) electrons. The van der Waals surface area contributed by atoms with Crippen molar-refractivity contribution < 1.29 is 27.2 Å². The number of benzene rings is 1. The molecule has 2 aromatic rings. The zero-order valence-corrected chi connectivity index (χ0v) is 15.7. The van der Waals surface area contributed by atoms with Gasteiger partial charge in [-0.1, -0.05) is 13.8 Å². The van der Waals surface area contributed by atoms with Crippen LogP contribution in [0, 0.1) is 11.7 Å². The predicted molar refractivity (Wildman–Crippen MR) is 96.4 cm³/mol. The van der Waals surface area contributed by atoms with E-state index >= 15 is 0 Å². The Bertz CT molecular complexity index is 1130. The van der Waals surface area contributed by atoms with Crippen LogP contribution in [-0.2, 0) is 16.9 Å². The maximum Gasteiger partial charge on any atom is 0.425 e. The van der Waals surface area contributed by atoms with Gasteiger partial charge in [-0.25, -0.2) is 9.18 Å². The normalized spacial score (nSPS) is 18.3. The highest BCUT2D eigenvalue weighted by Crippen LogP contribution is 2.45. The Morgan fingerprint density at radius 2 is 1.77 bits per heavy atom. The van der Waals surface area contributed by atoms with Crippen LogP contribution in [0.15, 0.2) is 33.9 Å². The van der Waals surface area contributed by atoms with Crippen LogP contribution in [0.4, 0.5) is 23.4 Å². The molecule has 30 heavy (non-hydrogen) atoms. The number of alkyl halides is 3. The van der Waals surface area contributed by atoms with E-state index in [1.165, 1.54) is 0 Å². The zero-order valence-electron chi connectivity index (χ0n) is 15.7. The smallest absolute Gasteiger partial charge is 0.326 e. The lowest BCUT2D eigenvalue weighted by molar-refractivity contribution is -0.196. The minimum absolute atomic E-state index is 0.0991. The summed E-state index contributed by atoms with van der Waals surface area (Å²) in [6, 6.07) is 3.55. The molecular weight excluding hydrogens is 412 g/mol. The molecule has 1 aromatic heterocycles. The highest BCUT2D eigenvalue weighted by atomic mass is 19.4. The third-order valence-electron chi connectivity index (χ3n) is 4.53. The van der Waals surface area contributed by atoms with E-state index in [1.54, 1.807) is 24.1 Å². The van der Waals surface area contributed by atoms with Crippen molar-refractivity contribution >= 4 is 17.6 Å². The summed E-state index contributed by atoms with van der Waals surface area (Å²) in [4.78, 5) is 51.3. The average molecular weight is 428 g/mol. The first-order chi connectivity index (χ1) is 13.9. The van der Waals surface area contributed by atoms with Crippen molar-refractivity contribution in [3.63, 3.8) is 0 Å². The Balaban J connectivity index is 2.23. The molecule has 1 atom stereocenters. The third-order valence-corrected chi connectivity index (χ3v) is 4.53. The molecule has 1 aliphatic heterocycles. The first kappa shape index (κ1) is 21.3. The summed E-state index contributed by atoms with van der Waals surface area (Å²) in [7, 11) is 0. The first-order valence-electron chi connectivity index (χ1n) is 8.72. The summed E-state index contributed by atoms with van der Waals surface area (Å²) in [5.74, 6) is -4.69. The molecular formula is C18H16F4N4O4. The van der Waals surface area contributed by atoms with Gasteiger partial charge in [0.15, 0.2) is 0 Å². The molecule has 0 spiro atoms. The number of rotatable bonds is 4. The number of nitrogens with zero attached hydrogens (tertiary/aromatic N) is 1. The molecule has 0 saturated heterocycles. The molecule has 12 heteroatoms. The van der Waals surface area contributed by atoms with Crippen LogP contribution in [-0.4, -0.2) is 27.5 Å². The molecule has 1 aromatic carbocycles. The Morgan fingerprint density at radius 3 is 2.30 bits per heavy atom. The number of aromatic nitrogens is 2. The van der Waals surface area contributed by atoms with Crippen LogP contribution in [0.5, 0.6) is 0 Å². The Hall–Kier alpha value is -3.44. The molecule has 0 aliphatic carbocycles. The SMILES string of the molecule is CC(C)Cn1c2c(c(=O)[nH]c1=O)[C@](NC(=O)c1ccc(F)cc1)(C(F)(F)F)C(=O)N2. The number of halogens is 4. The number of carbonyl (C=O) groups excluding carboxylic acids is 2. The number of nitrogens with one attached hydrogen (secondary N) is 3. The molecule has 0 unspecified atom stereocenters. The Kier molecular flexibility index (Phi) is 5.04. The molecule has 0 bridgehead atoms. The van der Waals surface area contributed by atoms with E-state index in [0.717, 1.165) is 28.8 Å². The standard InChI is InChI=1S/C18H16F4N4O4/c1-8(2)7-26-12-11(14(28)24-16(26)30)17(15(29)23-12,18(20,21)22)25-13(27)9-3-5-10(19)6-4-9/h3-6,8H,7H2,1-2H3,(H,23,29)(H,25,27)(H,24,28,30)/t17-/m1/s1. The number of anilines is 1. The van der Waals surface area contributed by atoms with Gasteiger partial charge in [-0.05, 0) is 30.2 Å². The van der Waals surface area contributed by atoms with Crippen molar-refractivity contribution in [1.82, 2.24) is 14.9 Å². The Morgan fingerprint density at radius 1 is 1.17 bits per heavy atom. The van der Waals surface area contributed by atoms with Gasteiger partial charge in [0.2, 0.25) is 0 Å². The summed E-state index contributed by atoms with van der Waals surface area (Å²) in [6.07, 6.45) is -5.44. The van der Waals surface area contributed by atoms with E-state index in [0.29, 0.717) is 0 Å². The molecule has 2 amide bonds. The largest absolute Gasteiger partial charge is 0.425 e. The maximum atomic E-state index is 14.2. The van der Waals surface area contributed by atoms with Gasteiger partial charge in [-0.2, -0.15) is 13.2 Å². The van der Waals surface area contributed by atoms with Crippen LogP contribution in [0.3, 0.4) is 0 Å². The summed E-state index contributed by atoms with van der Waals surface area (Å²) >= 11 is 0. The van der Waals surface area contributed by atoms with Crippen molar-refractivity contribution in [1.29, 1.82) is 0 Å². The Labute approximate surface area is 165 Å². The highest BCUT2D eigenvalue weighted by Gasteiger charge is 2.68. The van der Waals surface area contributed by atoms with E-state index in [2.05, 4.69) is 0 Å². The maximum absolute atomic E-state index is 14.2. The van der Waals surface area contributed by atoms with Crippen LogP contribution in [0.25, 0.3) is 0 Å². The molecule has 0 saturated carbocycles. The molecule has 2 heterocycles. The van der Waals surface area contributed by atoms with Crippen LogP contribution in [0.1, 0.15) is 29.8 Å². The minimum Gasteiger partial charge on any atom is -0.326 e. The number of hydrogen-bond acceptors (Lipinski definition) is 4. The van der Waals surface area contributed by atoms with E-state index in [4.69, 9.17) is 0 Å². The number of carbonyl (C=O) groups is 2. The molecule has 160 valence electrons. The third kappa shape index (κ3) is 3.27. The highest BCUT2D eigenvalue weighted by molar-refractivity contribution is 6.09. The second kappa shape index (κ2) is 7.11. The predicted octanol–water partition coefficient (Wildman–Crippen LogP) is 1.47. The van der Waals surface area contributed by atoms with Crippen molar-refractivity contribution in [2.24, 2.45) is 5.92 Å². The van der Waals surface area contributed by atoms with Gasteiger partial charge in [-0.15, -0.1) is 0 Å². The lowest BCUT2D eigenvalue weighted by Gasteiger charge is -2.30. The van der Waals surface area contributed by atoms with Gasteiger partial charge < -0.3 is 10.6 Å². The van der Waals surface area contributed by atoms with Gasteiger partial charge in [0.05, 0.1) is 0 Å². The monoisotopic (exact) mass is 428 g/mol. The topological polar surface area (TPSA) is 113 Å². The van der Waals surface area contributed by atoms with Crippen molar-refractivity contribution in [2.75, 3.05) is 5.32 Å². The lowest BCUT2D eigenvalue weighted by Crippen LogP contribution is -2.62. The van der Waals surface area contributed by atoms with Crippen molar-refractivity contribution in [3.8, 4) is 0 Å². The molecule has 8 nitrogen and oxygen atoms in total. The quantitative estimate of drug-likeness (QED) is 0.640. The number of fused-ring (bicyclic) bond motifs is 1. The van der Waals surface area contributed by atoms with E-state index in [9.17, 15) is 36.7 Å². The second-order valence-corrected chi connectivity index (χ2v) is 7.15. The molecule has 0 fully saturated rings. The second-order valence-electron chi connectivity index (χ2n) is 7.15. The minimum atomic E-state index is -5.44. The van der Waals surface area contributed by atoms with Crippen LogP contribution in [0.2, 0.25) is 0 Å². The number of H-pyrrole nitrogens is 1. The fraction of sp³-hybridized carbons (Fsp3) is 0.333. The first-order valence-corrected chi connectivity index (χ1v) is 8.72. The molecule has 1 aliphatic rings. The van der Waals surface area contributed by atoms with E-state index < -0.39 is 52.0 Å². The average Bonchev–Trinajstić information content (AvgIpc) is 2.92. The number of hydrogen-bond donors (Lipinski definition) is 3. The van der Waals surface area contributed by atoms with Gasteiger partial charge in [0.25, 0.3) is 22.9 Å². The van der Waals surface area contributed by atoms with Gasteiger partial charge >= 0.3 is 11.9 Å². The van der Waals surface area contributed by atoms with Gasteiger partial charge in [0.1, 0.15) is 17.2 Å². The van der Waals surface area contributed by atoms with Gasteiger partial charge in [0, 0.05) is 12.1 Å². The van der Waals surface area contributed by atoms with Crippen molar-refractivity contribution in [3.05, 3.63) is 62.0 Å². The fourth-order valence-corrected chi connectivity index (χ4v) is 3.21. The molecule has 3 N–H and O–H groups in total. The lowest BCUT2D eigenvalue weighted by atomic mass is 9.91. The summed E-state index contributed by atoms with van der Waals surface area (Å²) in [6.45, 7) is 3.25. The summed E-state index contributed by atoms with van der Waals surface area (Å²) in [5, 5.41) is 3.51. The molecule has 3 rings (SSSR count). The van der Waals surface area contributed by atoms with Crippen LogP contribution >= 0.6 is 0 Å². The van der Waals surface area contributed by atoms with E-state index in [1.807, 2.05) is 5.32 Å². The summed E-state index contributed by atoms with van der Waals surface area (Å²) < 4.78 is 56.4. The fourth-order valence-electron chi connectivity index (χ4n) is 3.21. The van der Waals surface area contributed by atoms with E-state index in [-0.39, 0.29) is 18.0 Å². The summed E-state index contributed by atoms with van der Waals surface area (Å²) in [5.41, 5.74) is -7.72. The van der Waals surface area contributed by atoms with Crippen LogP contribution < -0.4 is 21.9 Å².